The summed E-state index contributed by atoms with van der Waals surface area (Å²) in [7, 11) is 0. The third kappa shape index (κ3) is 4.72. The van der Waals surface area contributed by atoms with Crippen LogP contribution in [0.5, 0.6) is 11.5 Å². The van der Waals surface area contributed by atoms with Gasteiger partial charge in [0.1, 0.15) is 0 Å². The van der Waals surface area contributed by atoms with Crippen molar-refractivity contribution >= 4 is 11.8 Å². The van der Waals surface area contributed by atoms with Gasteiger partial charge in [-0.1, -0.05) is 12.1 Å². The van der Waals surface area contributed by atoms with Crippen LogP contribution < -0.4 is 14.8 Å². The van der Waals surface area contributed by atoms with E-state index < -0.39 is 0 Å². The quantitative estimate of drug-likeness (QED) is 0.820. The molecule has 0 spiro atoms. The van der Waals surface area contributed by atoms with Crippen LogP contribution in [0.15, 0.2) is 42.7 Å². The van der Waals surface area contributed by atoms with E-state index in [9.17, 15) is 9.59 Å². The second-order valence-corrected chi connectivity index (χ2v) is 6.02. The van der Waals surface area contributed by atoms with Crippen LogP contribution >= 0.6 is 0 Å². The van der Waals surface area contributed by atoms with E-state index in [4.69, 9.17) is 9.47 Å². The Kier molecular flexibility index (Phi) is 5.68. The van der Waals surface area contributed by atoms with Gasteiger partial charge in [0.25, 0.3) is 0 Å². The zero-order valence-corrected chi connectivity index (χ0v) is 14.6. The molecule has 3 rings (SSSR count). The summed E-state index contributed by atoms with van der Waals surface area (Å²) in [6.07, 6.45) is 3.64. The van der Waals surface area contributed by atoms with E-state index in [1.54, 1.807) is 17.3 Å². The Morgan fingerprint density at radius 3 is 2.81 bits per heavy atom. The fourth-order valence-corrected chi connectivity index (χ4v) is 2.64. The summed E-state index contributed by atoms with van der Waals surface area (Å²) in [6.45, 7) is 2.93. The zero-order chi connectivity index (χ0) is 18.4. The molecule has 0 radical (unpaired) electrons. The molecule has 1 N–H and O–H groups in total. The summed E-state index contributed by atoms with van der Waals surface area (Å²) in [6, 6.07) is 9.30. The summed E-state index contributed by atoms with van der Waals surface area (Å²) in [5, 5.41) is 2.86. The topological polar surface area (TPSA) is 80.8 Å². The molecule has 0 unspecified atom stereocenters. The van der Waals surface area contributed by atoms with Crippen molar-refractivity contribution in [2.24, 2.45) is 0 Å². The van der Waals surface area contributed by atoms with Gasteiger partial charge in [-0.05, 0) is 29.3 Å². The molecule has 1 aromatic heterocycles. The molecule has 1 aliphatic rings. The summed E-state index contributed by atoms with van der Waals surface area (Å²) in [5.74, 6) is 1.22. The van der Waals surface area contributed by atoms with Crippen molar-refractivity contribution in [1.29, 1.82) is 0 Å². The van der Waals surface area contributed by atoms with Crippen LogP contribution in [-0.4, -0.2) is 35.0 Å². The van der Waals surface area contributed by atoms with Crippen LogP contribution in [0.3, 0.4) is 0 Å². The number of hydrogen-bond acceptors (Lipinski definition) is 5. The maximum absolute atomic E-state index is 12.1. The molecule has 2 heterocycles. The van der Waals surface area contributed by atoms with Crippen molar-refractivity contribution in [1.82, 2.24) is 15.2 Å². The molecule has 0 saturated carbocycles. The molecule has 7 nitrogen and oxygen atoms in total. The first kappa shape index (κ1) is 17.7. The van der Waals surface area contributed by atoms with Crippen molar-refractivity contribution in [2.45, 2.75) is 26.4 Å². The fraction of sp³-hybridized carbons (Fsp3) is 0.316. The molecule has 0 fully saturated rings. The smallest absolute Gasteiger partial charge is 0.231 e. The van der Waals surface area contributed by atoms with Gasteiger partial charge in [-0.2, -0.15) is 0 Å². The Balaban J connectivity index is 1.47. The van der Waals surface area contributed by atoms with Crippen LogP contribution in [0.25, 0.3) is 0 Å². The lowest BCUT2D eigenvalue weighted by atomic mass is 10.2. The molecule has 26 heavy (non-hydrogen) atoms. The lowest BCUT2D eigenvalue weighted by Crippen LogP contribution is -2.33. The van der Waals surface area contributed by atoms with E-state index >= 15 is 0 Å². The molecule has 0 atom stereocenters. The van der Waals surface area contributed by atoms with E-state index in [-0.39, 0.29) is 25.0 Å². The molecular weight excluding hydrogens is 334 g/mol. The molecule has 0 aliphatic carbocycles. The number of nitrogens with one attached hydrogen (secondary N) is 1. The van der Waals surface area contributed by atoms with Gasteiger partial charge >= 0.3 is 0 Å². The van der Waals surface area contributed by atoms with Crippen molar-refractivity contribution in [2.75, 3.05) is 13.3 Å². The van der Waals surface area contributed by atoms with Gasteiger partial charge in [-0.15, -0.1) is 0 Å². The van der Waals surface area contributed by atoms with E-state index in [1.807, 2.05) is 30.3 Å². The fourth-order valence-electron chi connectivity index (χ4n) is 2.64. The Bertz CT molecular complexity index is 780. The first-order valence-electron chi connectivity index (χ1n) is 8.41. The van der Waals surface area contributed by atoms with Crippen molar-refractivity contribution in [3.05, 3.63) is 53.9 Å². The Morgan fingerprint density at radius 1 is 1.19 bits per heavy atom. The molecule has 136 valence electrons. The highest BCUT2D eigenvalue weighted by atomic mass is 16.7. The maximum Gasteiger partial charge on any atom is 0.231 e. The molecular formula is C19H21N3O4. The van der Waals surface area contributed by atoms with E-state index in [0.717, 1.165) is 11.1 Å². The first-order chi connectivity index (χ1) is 12.6. The van der Waals surface area contributed by atoms with Crippen molar-refractivity contribution in [3.8, 4) is 11.5 Å². The number of fused-ring (bicyclic) bond motifs is 1. The van der Waals surface area contributed by atoms with Crippen LogP contribution in [-0.2, 0) is 22.7 Å². The van der Waals surface area contributed by atoms with E-state index in [1.165, 1.54) is 6.92 Å². The van der Waals surface area contributed by atoms with Gasteiger partial charge in [-0.3, -0.25) is 14.6 Å². The molecule has 2 amide bonds. The minimum Gasteiger partial charge on any atom is -0.454 e. The lowest BCUT2D eigenvalue weighted by Gasteiger charge is -2.20. The second kappa shape index (κ2) is 8.33. The number of carbonyl (C=O) groups is 2. The first-order valence-corrected chi connectivity index (χ1v) is 8.41. The molecule has 1 aromatic carbocycles. The van der Waals surface area contributed by atoms with Gasteiger partial charge < -0.3 is 19.7 Å². The monoisotopic (exact) mass is 355 g/mol. The molecule has 2 aromatic rings. The van der Waals surface area contributed by atoms with Crippen molar-refractivity contribution < 1.29 is 19.1 Å². The SMILES string of the molecule is CC(=O)N(CCC(=O)NCc1ccc2c(c1)OCO2)Cc1cccnc1. The number of rotatable bonds is 7. The van der Waals surface area contributed by atoms with E-state index in [0.29, 0.717) is 31.1 Å². The number of ether oxygens (including phenoxy) is 2. The predicted molar refractivity (Wildman–Crippen MR) is 94.4 cm³/mol. The average Bonchev–Trinajstić information content (AvgIpc) is 3.11. The lowest BCUT2D eigenvalue weighted by molar-refractivity contribution is -0.130. The van der Waals surface area contributed by atoms with Gasteiger partial charge in [0.15, 0.2) is 11.5 Å². The Labute approximate surface area is 151 Å². The number of carbonyl (C=O) groups excluding carboxylic acids is 2. The number of aromatic nitrogens is 1. The highest BCUT2D eigenvalue weighted by molar-refractivity contribution is 5.78. The normalized spacial score (nSPS) is 11.9. The van der Waals surface area contributed by atoms with Crippen LogP contribution in [0, 0.1) is 0 Å². The van der Waals surface area contributed by atoms with Gasteiger partial charge in [0.05, 0.1) is 0 Å². The summed E-state index contributed by atoms with van der Waals surface area (Å²) < 4.78 is 10.6. The third-order valence-electron chi connectivity index (χ3n) is 4.08. The van der Waals surface area contributed by atoms with Crippen LogP contribution in [0.1, 0.15) is 24.5 Å². The number of amides is 2. The Morgan fingerprint density at radius 2 is 2.04 bits per heavy atom. The van der Waals surface area contributed by atoms with Gasteiger partial charge in [-0.25, -0.2) is 0 Å². The molecule has 7 heteroatoms. The van der Waals surface area contributed by atoms with Crippen LogP contribution in [0.4, 0.5) is 0 Å². The number of pyridine rings is 1. The molecule has 1 aliphatic heterocycles. The maximum atomic E-state index is 12.1. The van der Waals surface area contributed by atoms with E-state index in [2.05, 4.69) is 10.3 Å². The van der Waals surface area contributed by atoms with Gasteiger partial charge in [0.2, 0.25) is 18.6 Å². The van der Waals surface area contributed by atoms with Gasteiger partial charge in [0, 0.05) is 45.4 Å². The van der Waals surface area contributed by atoms with Crippen LogP contribution in [0.2, 0.25) is 0 Å². The minimum absolute atomic E-state index is 0.0718. The minimum atomic E-state index is -0.111. The third-order valence-corrected chi connectivity index (χ3v) is 4.08. The highest BCUT2D eigenvalue weighted by Gasteiger charge is 2.14. The number of nitrogens with zero attached hydrogens (tertiary/aromatic N) is 2. The molecule has 0 saturated heterocycles. The largest absolute Gasteiger partial charge is 0.454 e. The summed E-state index contributed by atoms with van der Waals surface area (Å²) >= 11 is 0. The summed E-state index contributed by atoms with van der Waals surface area (Å²) in [5.41, 5.74) is 1.87. The average molecular weight is 355 g/mol. The highest BCUT2D eigenvalue weighted by Crippen LogP contribution is 2.32. The predicted octanol–water partition coefficient (Wildman–Crippen LogP) is 1.87. The van der Waals surface area contributed by atoms with Crippen molar-refractivity contribution in [3.63, 3.8) is 0 Å². The molecule has 0 bridgehead atoms. The number of benzene rings is 1. The zero-order valence-electron chi connectivity index (χ0n) is 14.6. The Hall–Kier alpha value is -3.09. The standard InChI is InChI=1S/C19H21N3O4/c1-14(23)22(12-16-3-2-7-20-10-16)8-6-19(24)21-11-15-4-5-17-18(9-15)26-13-25-17/h2-5,7,9-10H,6,8,11-13H2,1H3,(H,21,24). The second-order valence-electron chi connectivity index (χ2n) is 6.02. The number of hydrogen-bond donors (Lipinski definition) is 1. The summed E-state index contributed by atoms with van der Waals surface area (Å²) in [4.78, 5) is 29.6.